The lowest BCUT2D eigenvalue weighted by Gasteiger charge is -2.24. The first-order valence-corrected chi connectivity index (χ1v) is 6.96. The van der Waals surface area contributed by atoms with Crippen LogP contribution in [-0.4, -0.2) is 28.0 Å². The monoisotopic (exact) mass is 264 g/mol. The fourth-order valence-electron chi connectivity index (χ4n) is 2.25. The van der Waals surface area contributed by atoms with Crippen LogP contribution < -0.4 is 16.2 Å². The number of nitrogens with one attached hydrogen (secondary N) is 2. The molecule has 0 amide bonds. The van der Waals surface area contributed by atoms with Gasteiger partial charge in [0.1, 0.15) is 0 Å². The summed E-state index contributed by atoms with van der Waals surface area (Å²) >= 11 is 1.48. The van der Waals surface area contributed by atoms with Gasteiger partial charge in [0.2, 0.25) is 0 Å². The lowest BCUT2D eigenvalue weighted by Crippen LogP contribution is -2.43. The number of aromatic nitrogens is 2. The van der Waals surface area contributed by atoms with Gasteiger partial charge in [-0.1, -0.05) is 0 Å². The highest BCUT2D eigenvalue weighted by molar-refractivity contribution is 7.15. The minimum atomic E-state index is -0.00671. The molecule has 5 nitrogen and oxygen atoms in total. The molecule has 1 aliphatic rings. The van der Waals surface area contributed by atoms with E-state index in [4.69, 9.17) is 0 Å². The number of hydrogen-bond donors (Lipinski definition) is 2. The average molecular weight is 264 g/mol. The maximum absolute atomic E-state index is 11.8. The van der Waals surface area contributed by atoms with Gasteiger partial charge >= 0.3 is 0 Å². The van der Waals surface area contributed by atoms with Crippen molar-refractivity contribution in [2.24, 2.45) is 0 Å². The van der Waals surface area contributed by atoms with Crippen LogP contribution in [0.15, 0.2) is 22.4 Å². The molecular weight excluding hydrogens is 248 g/mol. The summed E-state index contributed by atoms with van der Waals surface area (Å²) in [4.78, 5) is 17.1. The Balaban J connectivity index is 1.80. The summed E-state index contributed by atoms with van der Waals surface area (Å²) in [5, 5.41) is 8.71. The van der Waals surface area contributed by atoms with Gasteiger partial charge in [0.15, 0.2) is 4.96 Å². The Labute approximate surface area is 109 Å². The van der Waals surface area contributed by atoms with Crippen LogP contribution >= 0.6 is 11.3 Å². The maximum atomic E-state index is 11.8. The minimum Gasteiger partial charge on any atom is -0.315 e. The molecule has 3 heterocycles. The molecule has 2 N–H and O–H groups in total. The molecule has 1 unspecified atom stereocenters. The van der Waals surface area contributed by atoms with Crippen molar-refractivity contribution in [1.29, 1.82) is 0 Å². The van der Waals surface area contributed by atoms with Gasteiger partial charge in [0.25, 0.3) is 5.56 Å². The quantitative estimate of drug-likeness (QED) is 0.852. The summed E-state index contributed by atoms with van der Waals surface area (Å²) in [7, 11) is 0. The van der Waals surface area contributed by atoms with Gasteiger partial charge in [-0.2, -0.15) is 0 Å². The third-order valence-corrected chi connectivity index (χ3v) is 4.18. The lowest BCUT2D eigenvalue weighted by atomic mass is 10.0. The van der Waals surface area contributed by atoms with Crippen LogP contribution in [0.2, 0.25) is 0 Å². The summed E-state index contributed by atoms with van der Waals surface area (Å²) in [5.74, 6) is 0. The van der Waals surface area contributed by atoms with E-state index in [2.05, 4.69) is 22.5 Å². The van der Waals surface area contributed by atoms with Crippen molar-refractivity contribution in [3.8, 4) is 0 Å². The largest absolute Gasteiger partial charge is 0.315 e. The van der Waals surface area contributed by atoms with Crippen LogP contribution in [0.4, 0.5) is 0 Å². The zero-order valence-corrected chi connectivity index (χ0v) is 11.1. The van der Waals surface area contributed by atoms with Gasteiger partial charge < -0.3 is 10.6 Å². The highest BCUT2D eigenvalue weighted by Crippen LogP contribution is 2.14. The Kier molecular flexibility index (Phi) is 2.93. The van der Waals surface area contributed by atoms with E-state index in [1.54, 1.807) is 16.7 Å². The first-order valence-electron chi connectivity index (χ1n) is 6.08. The van der Waals surface area contributed by atoms with Gasteiger partial charge in [-0.25, -0.2) is 4.98 Å². The van der Waals surface area contributed by atoms with Crippen LogP contribution in [0.5, 0.6) is 0 Å². The first kappa shape index (κ1) is 11.8. The summed E-state index contributed by atoms with van der Waals surface area (Å²) in [5.41, 5.74) is 0.922. The molecule has 18 heavy (non-hydrogen) atoms. The van der Waals surface area contributed by atoms with Crippen molar-refractivity contribution < 1.29 is 0 Å². The zero-order chi connectivity index (χ0) is 12.6. The number of thiazole rings is 1. The van der Waals surface area contributed by atoms with E-state index in [1.807, 2.05) is 5.38 Å². The Morgan fingerprint density at radius 3 is 3.33 bits per heavy atom. The van der Waals surface area contributed by atoms with Gasteiger partial charge in [-0.05, 0) is 19.9 Å². The van der Waals surface area contributed by atoms with E-state index in [1.165, 1.54) is 11.3 Å². The Bertz CT molecular complexity index is 612. The fourth-order valence-corrected chi connectivity index (χ4v) is 2.99. The average Bonchev–Trinajstić information content (AvgIpc) is 2.96. The number of fused-ring (bicyclic) bond motifs is 1. The van der Waals surface area contributed by atoms with E-state index in [-0.39, 0.29) is 11.1 Å². The van der Waals surface area contributed by atoms with E-state index >= 15 is 0 Å². The molecule has 0 saturated carbocycles. The molecule has 1 aliphatic heterocycles. The topological polar surface area (TPSA) is 58.4 Å². The molecule has 2 aromatic rings. The normalized spacial score (nSPS) is 23.8. The van der Waals surface area contributed by atoms with E-state index in [0.29, 0.717) is 6.54 Å². The third kappa shape index (κ3) is 2.19. The van der Waals surface area contributed by atoms with Crippen LogP contribution in [0.25, 0.3) is 4.96 Å². The Morgan fingerprint density at radius 2 is 2.56 bits per heavy atom. The molecule has 0 aliphatic carbocycles. The SMILES string of the molecule is CC1(NCc2cc(=O)n3ccsc3n2)CCNC1. The van der Waals surface area contributed by atoms with E-state index in [9.17, 15) is 4.79 Å². The van der Waals surface area contributed by atoms with Crippen LogP contribution in [0, 0.1) is 0 Å². The second kappa shape index (κ2) is 4.46. The summed E-state index contributed by atoms with van der Waals surface area (Å²) in [6.45, 7) is 4.85. The molecular formula is C12H16N4OS. The van der Waals surface area contributed by atoms with Gasteiger partial charge in [-0.3, -0.25) is 9.20 Å². The van der Waals surface area contributed by atoms with Gasteiger partial charge in [0, 0.05) is 36.3 Å². The van der Waals surface area contributed by atoms with Crippen molar-refractivity contribution >= 4 is 16.3 Å². The maximum Gasteiger partial charge on any atom is 0.258 e. The summed E-state index contributed by atoms with van der Waals surface area (Å²) < 4.78 is 1.58. The predicted octanol–water partition coefficient (Wildman–Crippen LogP) is 0.598. The molecule has 0 radical (unpaired) electrons. The first-order chi connectivity index (χ1) is 8.66. The molecule has 0 aromatic carbocycles. The number of nitrogens with zero attached hydrogens (tertiary/aromatic N) is 2. The van der Waals surface area contributed by atoms with E-state index < -0.39 is 0 Å². The van der Waals surface area contributed by atoms with Crippen molar-refractivity contribution in [2.75, 3.05) is 13.1 Å². The minimum absolute atomic E-state index is 0.00671. The molecule has 2 aromatic heterocycles. The molecule has 1 fully saturated rings. The number of hydrogen-bond acceptors (Lipinski definition) is 5. The predicted molar refractivity (Wildman–Crippen MR) is 72.1 cm³/mol. The van der Waals surface area contributed by atoms with E-state index in [0.717, 1.165) is 30.2 Å². The standard InChI is InChI=1S/C12H16N4OS/c1-12(2-3-13-8-12)14-7-9-6-10(17)16-4-5-18-11(16)15-9/h4-6,13-14H,2-3,7-8H2,1H3. The highest BCUT2D eigenvalue weighted by atomic mass is 32.1. The van der Waals surface area contributed by atoms with Crippen molar-refractivity contribution in [1.82, 2.24) is 20.0 Å². The third-order valence-electron chi connectivity index (χ3n) is 3.42. The highest BCUT2D eigenvalue weighted by Gasteiger charge is 2.27. The van der Waals surface area contributed by atoms with Crippen LogP contribution in [0.3, 0.4) is 0 Å². The second-order valence-electron chi connectivity index (χ2n) is 4.98. The summed E-state index contributed by atoms with van der Waals surface area (Å²) in [6, 6.07) is 1.61. The van der Waals surface area contributed by atoms with Gasteiger partial charge in [-0.15, -0.1) is 11.3 Å². The number of rotatable bonds is 3. The molecule has 3 rings (SSSR count). The zero-order valence-electron chi connectivity index (χ0n) is 10.3. The van der Waals surface area contributed by atoms with Crippen LogP contribution in [0.1, 0.15) is 19.0 Å². The van der Waals surface area contributed by atoms with Crippen LogP contribution in [-0.2, 0) is 6.54 Å². The smallest absolute Gasteiger partial charge is 0.258 e. The van der Waals surface area contributed by atoms with Crippen molar-refractivity contribution in [3.63, 3.8) is 0 Å². The molecule has 1 atom stereocenters. The van der Waals surface area contributed by atoms with Crippen molar-refractivity contribution in [3.05, 3.63) is 33.7 Å². The molecule has 0 spiro atoms. The molecule has 96 valence electrons. The van der Waals surface area contributed by atoms with Gasteiger partial charge in [0.05, 0.1) is 5.69 Å². The second-order valence-corrected chi connectivity index (χ2v) is 5.86. The summed E-state index contributed by atoms with van der Waals surface area (Å²) in [6.07, 6.45) is 2.86. The lowest BCUT2D eigenvalue weighted by molar-refractivity contribution is 0.383. The van der Waals surface area contributed by atoms with Crippen molar-refractivity contribution in [2.45, 2.75) is 25.4 Å². The molecule has 0 bridgehead atoms. The Hall–Kier alpha value is -1.24. The molecule has 1 saturated heterocycles. The molecule has 6 heteroatoms. The Morgan fingerprint density at radius 1 is 1.67 bits per heavy atom. The fraction of sp³-hybridized carbons (Fsp3) is 0.500.